The van der Waals surface area contributed by atoms with Gasteiger partial charge in [-0.25, -0.2) is 4.79 Å². The first-order chi connectivity index (χ1) is 12.2. The number of rotatable bonds is 3. The van der Waals surface area contributed by atoms with Crippen LogP contribution in [0, 0.1) is 0 Å². The molecule has 2 aromatic carbocycles. The number of hydrogen-bond donors (Lipinski definition) is 1. The first-order valence-electron chi connectivity index (χ1n) is 8.03. The molecule has 0 saturated heterocycles. The number of benzene rings is 2. The van der Waals surface area contributed by atoms with E-state index in [2.05, 4.69) is 34.2 Å². The van der Waals surface area contributed by atoms with Crippen LogP contribution in [-0.4, -0.2) is 16.1 Å². The number of pyridine rings is 1. The summed E-state index contributed by atoms with van der Waals surface area (Å²) in [6.45, 7) is 0.636. The number of hydrogen-bond acceptors (Lipinski definition) is 3. The van der Waals surface area contributed by atoms with E-state index in [-0.39, 0.29) is 0 Å². The lowest BCUT2D eigenvalue weighted by Crippen LogP contribution is -2.18. The molecule has 2 heterocycles. The van der Waals surface area contributed by atoms with E-state index in [9.17, 15) is 4.79 Å². The maximum Gasteiger partial charge on any atom is 0.335 e. The molecule has 4 heteroatoms. The molecule has 0 fully saturated rings. The van der Waals surface area contributed by atoms with Crippen molar-refractivity contribution in [1.29, 1.82) is 0 Å². The third-order valence-electron chi connectivity index (χ3n) is 4.34. The van der Waals surface area contributed by atoms with Crippen LogP contribution in [-0.2, 0) is 6.54 Å². The number of para-hydroxylation sites is 1. The summed E-state index contributed by atoms with van der Waals surface area (Å²) in [5, 5.41) is 9.07. The molecule has 0 saturated carbocycles. The molecule has 0 bridgehead atoms. The molecule has 122 valence electrons. The van der Waals surface area contributed by atoms with Crippen LogP contribution in [0.2, 0.25) is 0 Å². The SMILES string of the molecule is O=C(O)c1ccc(CN2c3ccccc3C=Cc3ccncc32)cc1. The van der Waals surface area contributed by atoms with Crippen LogP contribution in [0.3, 0.4) is 0 Å². The Hall–Kier alpha value is -3.40. The van der Waals surface area contributed by atoms with Crippen LogP contribution in [0.4, 0.5) is 11.4 Å². The predicted molar refractivity (Wildman–Crippen MR) is 98.9 cm³/mol. The molecular formula is C21H16N2O2. The van der Waals surface area contributed by atoms with Crippen molar-refractivity contribution in [3.05, 3.63) is 89.2 Å². The highest BCUT2D eigenvalue weighted by Crippen LogP contribution is 2.36. The van der Waals surface area contributed by atoms with Gasteiger partial charge in [0.05, 0.1) is 17.4 Å². The van der Waals surface area contributed by atoms with Gasteiger partial charge in [-0.05, 0) is 35.4 Å². The summed E-state index contributed by atoms with van der Waals surface area (Å²) in [6, 6.07) is 17.2. The molecule has 4 rings (SSSR count). The van der Waals surface area contributed by atoms with Gasteiger partial charge in [0.1, 0.15) is 0 Å². The van der Waals surface area contributed by atoms with Gasteiger partial charge in [0.15, 0.2) is 0 Å². The summed E-state index contributed by atoms with van der Waals surface area (Å²) in [5.74, 6) is -0.912. The molecular weight excluding hydrogens is 312 g/mol. The zero-order chi connectivity index (χ0) is 17.2. The Morgan fingerprint density at radius 3 is 2.40 bits per heavy atom. The van der Waals surface area contributed by atoms with Crippen molar-refractivity contribution in [3.63, 3.8) is 0 Å². The summed E-state index contributed by atoms with van der Waals surface area (Å²) in [4.78, 5) is 17.6. The molecule has 25 heavy (non-hydrogen) atoms. The van der Waals surface area contributed by atoms with Gasteiger partial charge in [-0.15, -0.1) is 0 Å². The molecule has 0 amide bonds. The van der Waals surface area contributed by atoms with E-state index in [1.807, 2.05) is 36.5 Å². The summed E-state index contributed by atoms with van der Waals surface area (Å²) in [6.07, 6.45) is 7.87. The van der Waals surface area contributed by atoms with E-state index in [4.69, 9.17) is 5.11 Å². The monoisotopic (exact) mass is 328 g/mol. The summed E-state index contributed by atoms with van der Waals surface area (Å²) in [5.41, 5.74) is 5.72. The van der Waals surface area contributed by atoms with E-state index in [1.165, 1.54) is 0 Å². The van der Waals surface area contributed by atoms with Crippen molar-refractivity contribution < 1.29 is 9.90 Å². The second kappa shape index (κ2) is 6.24. The van der Waals surface area contributed by atoms with E-state index in [0.29, 0.717) is 12.1 Å². The Labute approximate surface area is 145 Å². The number of nitrogens with zero attached hydrogens (tertiary/aromatic N) is 2. The predicted octanol–water partition coefficient (Wildman–Crippen LogP) is 4.60. The highest BCUT2D eigenvalue weighted by molar-refractivity contribution is 5.89. The molecule has 3 aromatic rings. The minimum absolute atomic E-state index is 0.295. The summed E-state index contributed by atoms with van der Waals surface area (Å²) >= 11 is 0. The van der Waals surface area contributed by atoms with Crippen LogP contribution in [0.15, 0.2) is 67.0 Å². The van der Waals surface area contributed by atoms with Crippen LogP contribution in [0.1, 0.15) is 27.0 Å². The quantitative estimate of drug-likeness (QED) is 0.763. The fourth-order valence-corrected chi connectivity index (χ4v) is 3.05. The molecule has 0 aliphatic carbocycles. The smallest absolute Gasteiger partial charge is 0.335 e. The Bertz CT molecular complexity index is 912. The highest BCUT2D eigenvalue weighted by Gasteiger charge is 2.18. The van der Waals surface area contributed by atoms with E-state index < -0.39 is 5.97 Å². The molecule has 1 N–H and O–H groups in total. The van der Waals surface area contributed by atoms with Gasteiger partial charge >= 0.3 is 5.97 Å². The normalized spacial score (nSPS) is 12.2. The van der Waals surface area contributed by atoms with Crippen LogP contribution in [0.5, 0.6) is 0 Å². The zero-order valence-electron chi connectivity index (χ0n) is 13.5. The molecule has 4 nitrogen and oxygen atoms in total. The average molecular weight is 328 g/mol. The van der Waals surface area contributed by atoms with Crippen LogP contribution >= 0.6 is 0 Å². The number of carboxylic acids is 1. The van der Waals surface area contributed by atoms with Gasteiger partial charge in [0, 0.05) is 24.0 Å². The van der Waals surface area contributed by atoms with Crippen molar-refractivity contribution in [1.82, 2.24) is 4.98 Å². The lowest BCUT2D eigenvalue weighted by atomic mass is 10.1. The van der Waals surface area contributed by atoms with Gasteiger partial charge in [-0.1, -0.05) is 42.5 Å². The van der Waals surface area contributed by atoms with Gasteiger partial charge < -0.3 is 10.0 Å². The van der Waals surface area contributed by atoms with Crippen molar-refractivity contribution in [3.8, 4) is 0 Å². The number of anilines is 2. The molecule has 1 aliphatic heterocycles. The van der Waals surface area contributed by atoms with Gasteiger partial charge in [-0.2, -0.15) is 0 Å². The lowest BCUT2D eigenvalue weighted by molar-refractivity contribution is 0.0697. The maximum absolute atomic E-state index is 11.0. The lowest BCUT2D eigenvalue weighted by Gasteiger charge is -2.26. The topological polar surface area (TPSA) is 53.4 Å². The van der Waals surface area contributed by atoms with E-state index in [1.54, 1.807) is 18.3 Å². The molecule has 0 radical (unpaired) electrons. The zero-order valence-corrected chi connectivity index (χ0v) is 13.5. The Balaban J connectivity index is 1.77. The second-order valence-electron chi connectivity index (χ2n) is 5.91. The van der Waals surface area contributed by atoms with Crippen molar-refractivity contribution in [2.45, 2.75) is 6.54 Å². The average Bonchev–Trinajstić information content (AvgIpc) is 2.80. The number of carboxylic acid groups (broad SMARTS) is 1. The van der Waals surface area contributed by atoms with Gasteiger partial charge in [0.2, 0.25) is 0 Å². The fraction of sp³-hybridized carbons (Fsp3) is 0.0476. The van der Waals surface area contributed by atoms with E-state index in [0.717, 1.165) is 28.1 Å². The fourth-order valence-electron chi connectivity index (χ4n) is 3.05. The van der Waals surface area contributed by atoms with E-state index >= 15 is 0 Å². The minimum Gasteiger partial charge on any atom is -0.478 e. The Morgan fingerprint density at radius 1 is 0.920 bits per heavy atom. The molecule has 0 unspecified atom stereocenters. The first kappa shape index (κ1) is 15.1. The largest absolute Gasteiger partial charge is 0.478 e. The third kappa shape index (κ3) is 2.90. The molecule has 1 aliphatic rings. The summed E-state index contributed by atoms with van der Waals surface area (Å²) < 4.78 is 0. The number of fused-ring (bicyclic) bond motifs is 2. The number of aromatic carboxylic acids is 1. The Kier molecular flexibility index (Phi) is 3.78. The first-order valence-corrected chi connectivity index (χ1v) is 8.03. The van der Waals surface area contributed by atoms with Crippen molar-refractivity contribution >= 4 is 29.5 Å². The molecule has 0 spiro atoms. The third-order valence-corrected chi connectivity index (χ3v) is 4.34. The van der Waals surface area contributed by atoms with Crippen molar-refractivity contribution in [2.75, 3.05) is 4.90 Å². The van der Waals surface area contributed by atoms with Crippen molar-refractivity contribution in [2.24, 2.45) is 0 Å². The highest BCUT2D eigenvalue weighted by atomic mass is 16.4. The second-order valence-corrected chi connectivity index (χ2v) is 5.91. The molecule has 1 aromatic heterocycles. The maximum atomic E-state index is 11.0. The standard InChI is InChI=1S/C21H16N2O2/c24-21(25)18-7-5-15(6-8-18)14-23-19-4-2-1-3-16(19)9-10-17-11-12-22-13-20(17)23/h1-13H,14H2,(H,24,25). The van der Waals surface area contributed by atoms with Crippen LogP contribution in [0.25, 0.3) is 12.2 Å². The molecule has 0 atom stereocenters. The minimum atomic E-state index is -0.912. The Morgan fingerprint density at radius 2 is 1.64 bits per heavy atom. The van der Waals surface area contributed by atoms with Gasteiger partial charge in [-0.3, -0.25) is 4.98 Å². The number of aromatic nitrogens is 1. The van der Waals surface area contributed by atoms with Crippen LogP contribution < -0.4 is 4.90 Å². The van der Waals surface area contributed by atoms with Gasteiger partial charge in [0.25, 0.3) is 0 Å². The number of carbonyl (C=O) groups is 1. The summed E-state index contributed by atoms with van der Waals surface area (Å²) in [7, 11) is 0.